The van der Waals surface area contributed by atoms with E-state index in [2.05, 4.69) is 36.4 Å². The van der Waals surface area contributed by atoms with Gasteiger partial charge in [-0.3, -0.25) is 4.79 Å². The second-order valence-electron chi connectivity index (χ2n) is 5.98. The summed E-state index contributed by atoms with van der Waals surface area (Å²) in [7, 11) is 0. The lowest BCUT2D eigenvalue weighted by molar-refractivity contribution is -0.131. The van der Waals surface area contributed by atoms with Gasteiger partial charge < -0.3 is 14.0 Å². The summed E-state index contributed by atoms with van der Waals surface area (Å²) in [5.74, 6) is -0.331. The van der Waals surface area contributed by atoms with Crippen LogP contribution in [0.4, 0.5) is 0 Å². The molecule has 1 aromatic heterocycles. The smallest absolute Gasteiger partial charge is 0.340 e. The van der Waals surface area contributed by atoms with E-state index in [1.165, 1.54) is 6.92 Å². The number of ether oxygens (including phenoxy) is 2. The van der Waals surface area contributed by atoms with Gasteiger partial charge in [0.1, 0.15) is 5.75 Å². The topological polar surface area (TPSA) is 57.5 Å². The van der Waals surface area contributed by atoms with Crippen molar-refractivity contribution in [1.82, 2.24) is 4.57 Å². The standard InChI is InChI=1S/C18H19Br2NO4/c1-3-24-18(23)17-12-8-16(25-10(2)22)13(20)9-15(12)21(11-4-5-11)14(17)6-7-19/h8-9,11H,3-7H2,1-2H3. The molecule has 0 aliphatic heterocycles. The highest BCUT2D eigenvalue weighted by Crippen LogP contribution is 2.44. The number of halogens is 2. The van der Waals surface area contributed by atoms with Crippen molar-refractivity contribution in [3.8, 4) is 5.75 Å². The maximum Gasteiger partial charge on any atom is 0.340 e. The van der Waals surface area contributed by atoms with Gasteiger partial charge in [-0.25, -0.2) is 4.79 Å². The fourth-order valence-corrected chi connectivity index (χ4v) is 3.90. The Labute approximate surface area is 162 Å². The van der Waals surface area contributed by atoms with Gasteiger partial charge in [0.05, 0.1) is 22.2 Å². The number of nitrogens with zero attached hydrogens (tertiary/aromatic N) is 1. The molecule has 1 fully saturated rings. The molecule has 2 aromatic rings. The van der Waals surface area contributed by atoms with Crippen LogP contribution in [0.25, 0.3) is 10.9 Å². The molecule has 25 heavy (non-hydrogen) atoms. The summed E-state index contributed by atoms with van der Waals surface area (Å²) < 4.78 is 13.5. The highest BCUT2D eigenvalue weighted by molar-refractivity contribution is 9.10. The Morgan fingerprint density at radius 3 is 2.60 bits per heavy atom. The number of aromatic nitrogens is 1. The molecule has 0 bridgehead atoms. The van der Waals surface area contributed by atoms with Crippen molar-refractivity contribution in [2.24, 2.45) is 0 Å². The van der Waals surface area contributed by atoms with Gasteiger partial charge in [-0.1, -0.05) is 15.9 Å². The third-order valence-electron chi connectivity index (χ3n) is 4.14. The molecule has 1 aliphatic carbocycles. The number of carbonyl (C=O) groups is 2. The van der Waals surface area contributed by atoms with Crippen LogP contribution in [0.3, 0.4) is 0 Å². The van der Waals surface area contributed by atoms with E-state index in [4.69, 9.17) is 9.47 Å². The van der Waals surface area contributed by atoms with E-state index in [0.717, 1.165) is 41.2 Å². The minimum absolute atomic E-state index is 0.315. The van der Waals surface area contributed by atoms with Gasteiger partial charge in [0.15, 0.2) is 0 Å². The van der Waals surface area contributed by atoms with Crippen LogP contribution in [0.5, 0.6) is 5.75 Å². The quantitative estimate of drug-likeness (QED) is 0.345. The van der Waals surface area contributed by atoms with Gasteiger partial charge in [0, 0.05) is 29.4 Å². The average Bonchev–Trinajstić information content (AvgIpc) is 3.32. The Kier molecular flexibility index (Phi) is 5.53. The predicted molar refractivity (Wildman–Crippen MR) is 103 cm³/mol. The zero-order chi connectivity index (χ0) is 18.1. The number of hydrogen-bond acceptors (Lipinski definition) is 4. The number of alkyl halides is 1. The summed E-state index contributed by atoms with van der Waals surface area (Å²) in [4.78, 5) is 24.0. The summed E-state index contributed by atoms with van der Waals surface area (Å²) in [6, 6.07) is 4.09. The number of carbonyl (C=O) groups excluding carboxylic acids is 2. The molecule has 0 unspecified atom stereocenters. The molecule has 1 heterocycles. The number of rotatable bonds is 6. The lowest BCUT2D eigenvalue weighted by atomic mass is 10.1. The van der Waals surface area contributed by atoms with Crippen molar-refractivity contribution in [1.29, 1.82) is 0 Å². The molecule has 1 saturated carbocycles. The first-order valence-corrected chi connectivity index (χ1v) is 10.2. The maximum absolute atomic E-state index is 12.7. The molecular weight excluding hydrogens is 454 g/mol. The summed E-state index contributed by atoms with van der Waals surface area (Å²) in [6.45, 7) is 3.47. The summed E-state index contributed by atoms with van der Waals surface area (Å²) >= 11 is 6.96. The van der Waals surface area contributed by atoms with E-state index in [1.807, 2.05) is 6.07 Å². The average molecular weight is 473 g/mol. The second kappa shape index (κ2) is 7.50. The Morgan fingerprint density at radius 1 is 1.32 bits per heavy atom. The summed E-state index contributed by atoms with van der Waals surface area (Å²) in [5.41, 5.74) is 2.51. The normalized spacial score (nSPS) is 13.9. The fourth-order valence-electron chi connectivity index (χ4n) is 3.11. The fraction of sp³-hybridized carbons (Fsp3) is 0.444. The zero-order valence-corrected chi connectivity index (χ0v) is 17.3. The Hall–Kier alpha value is -1.34. The molecule has 1 aromatic carbocycles. The third-order valence-corrected chi connectivity index (χ3v) is 5.15. The highest BCUT2D eigenvalue weighted by Gasteiger charge is 2.32. The number of esters is 2. The monoisotopic (exact) mass is 471 g/mol. The largest absolute Gasteiger partial charge is 0.462 e. The first kappa shape index (κ1) is 18.5. The van der Waals surface area contributed by atoms with Crippen LogP contribution in [0.2, 0.25) is 0 Å². The molecule has 0 saturated heterocycles. The van der Waals surface area contributed by atoms with Gasteiger partial charge in [0.25, 0.3) is 0 Å². The van der Waals surface area contributed by atoms with Crippen molar-refractivity contribution < 1.29 is 19.1 Å². The van der Waals surface area contributed by atoms with Crippen LogP contribution in [0.15, 0.2) is 16.6 Å². The van der Waals surface area contributed by atoms with Gasteiger partial charge in [-0.05, 0) is 54.2 Å². The van der Waals surface area contributed by atoms with Crippen molar-refractivity contribution >= 4 is 54.7 Å². The third kappa shape index (κ3) is 3.62. The lowest BCUT2D eigenvalue weighted by Gasteiger charge is -2.10. The van der Waals surface area contributed by atoms with E-state index in [-0.39, 0.29) is 5.97 Å². The summed E-state index contributed by atoms with van der Waals surface area (Å²) in [5, 5.41) is 1.51. The first-order valence-electron chi connectivity index (χ1n) is 8.25. The van der Waals surface area contributed by atoms with Crippen molar-refractivity contribution in [2.45, 2.75) is 39.2 Å². The molecule has 3 rings (SSSR count). The van der Waals surface area contributed by atoms with Gasteiger partial charge in [0.2, 0.25) is 0 Å². The predicted octanol–water partition coefficient (Wildman–Crippen LogP) is 4.78. The highest BCUT2D eigenvalue weighted by atomic mass is 79.9. The second-order valence-corrected chi connectivity index (χ2v) is 7.62. The van der Waals surface area contributed by atoms with E-state index in [0.29, 0.717) is 28.4 Å². The Bertz CT molecular complexity index is 839. The number of hydrogen-bond donors (Lipinski definition) is 0. The van der Waals surface area contributed by atoms with Gasteiger partial charge in [-0.15, -0.1) is 0 Å². The molecule has 0 atom stereocenters. The molecule has 0 radical (unpaired) electrons. The molecule has 5 nitrogen and oxygen atoms in total. The minimum Gasteiger partial charge on any atom is -0.462 e. The summed E-state index contributed by atoms with van der Waals surface area (Å²) in [6.07, 6.45) is 2.93. The van der Waals surface area contributed by atoms with Crippen LogP contribution < -0.4 is 4.74 Å². The van der Waals surface area contributed by atoms with E-state index >= 15 is 0 Å². The number of fused-ring (bicyclic) bond motifs is 1. The van der Waals surface area contributed by atoms with Crippen LogP contribution in [-0.4, -0.2) is 28.4 Å². The molecule has 0 spiro atoms. The Morgan fingerprint density at radius 2 is 2.04 bits per heavy atom. The van der Waals surface area contributed by atoms with Gasteiger partial charge >= 0.3 is 11.9 Å². The van der Waals surface area contributed by atoms with Gasteiger partial charge in [-0.2, -0.15) is 0 Å². The Balaban J connectivity index is 2.28. The van der Waals surface area contributed by atoms with Crippen LogP contribution in [-0.2, 0) is 16.0 Å². The maximum atomic E-state index is 12.7. The molecule has 0 amide bonds. The molecule has 7 heteroatoms. The van der Waals surface area contributed by atoms with E-state index < -0.39 is 5.97 Å². The lowest BCUT2D eigenvalue weighted by Crippen LogP contribution is -2.10. The molecular formula is C18H19Br2NO4. The van der Waals surface area contributed by atoms with E-state index in [9.17, 15) is 9.59 Å². The molecule has 1 aliphatic rings. The zero-order valence-electron chi connectivity index (χ0n) is 14.1. The van der Waals surface area contributed by atoms with Crippen LogP contribution >= 0.6 is 31.9 Å². The van der Waals surface area contributed by atoms with E-state index in [1.54, 1.807) is 13.0 Å². The molecule has 0 N–H and O–H groups in total. The van der Waals surface area contributed by atoms with Crippen molar-refractivity contribution in [3.63, 3.8) is 0 Å². The SMILES string of the molecule is CCOC(=O)c1c(CCBr)n(C2CC2)c2cc(Br)c(OC(C)=O)cc12. The number of benzene rings is 1. The minimum atomic E-state index is -0.403. The molecule has 134 valence electrons. The first-order chi connectivity index (χ1) is 12.0. The van der Waals surface area contributed by atoms with Crippen LogP contribution in [0, 0.1) is 0 Å². The van der Waals surface area contributed by atoms with Crippen molar-refractivity contribution in [3.05, 3.63) is 27.9 Å². The van der Waals surface area contributed by atoms with Crippen molar-refractivity contribution in [2.75, 3.05) is 11.9 Å². The van der Waals surface area contributed by atoms with Crippen LogP contribution in [0.1, 0.15) is 48.8 Å².